The second kappa shape index (κ2) is 5.72. The summed E-state index contributed by atoms with van der Waals surface area (Å²) < 4.78 is 4.73. The molecule has 1 unspecified atom stereocenters. The summed E-state index contributed by atoms with van der Waals surface area (Å²) in [5, 5.41) is 11.7. The van der Waals surface area contributed by atoms with Crippen molar-refractivity contribution in [3.8, 4) is 0 Å². The van der Waals surface area contributed by atoms with Crippen molar-refractivity contribution in [2.75, 3.05) is 18.6 Å². The molecule has 2 fully saturated rings. The number of nitro groups is 1. The molecule has 1 aromatic rings. The monoisotopic (exact) mass is 333 g/mol. The van der Waals surface area contributed by atoms with Gasteiger partial charge in [-0.2, -0.15) is 0 Å². The number of methoxy groups -OCH3 is 1. The van der Waals surface area contributed by atoms with Gasteiger partial charge in [0.05, 0.1) is 12.0 Å². The zero-order chi connectivity index (χ0) is 17.6. The maximum Gasteiger partial charge on any atom is 0.345 e. The number of aromatic nitrogens is 1. The Hall–Kier alpha value is -2.18. The van der Waals surface area contributed by atoms with Gasteiger partial charge in [-0.1, -0.05) is 20.3 Å². The lowest BCUT2D eigenvalue weighted by atomic mass is 9.55. The van der Waals surface area contributed by atoms with Gasteiger partial charge in [0.1, 0.15) is 5.56 Å². The third-order valence-corrected chi connectivity index (χ3v) is 5.39. The van der Waals surface area contributed by atoms with E-state index in [4.69, 9.17) is 4.74 Å². The van der Waals surface area contributed by atoms with Gasteiger partial charge in [0.2, 0.25) is 5.82 Å². The Morgan fingerprint density at radius 2 is 2.17 bits per heavy atom. The molecule has 0 radical (unpaired) electrons. The number of anilines is 1. The molecule has 2 heterocycles. The second-order valence-electron chi connectivity index (χ2n) is 7.26. The predicted octanol–water partition coefficient (Wildman–Crippen LogP) is 3.10. The normalized spacial score (nSPS) is 21.4. The fourth-order valence-corrected chi connectivity index (χ4v) is 4.40. The summed E-state index contributed by atoms with van der Waals surface area (Å²) in [7, 11) is 1.23. The van der Waals surface area contributed by atoms with Crippen molar-refractivity contribution in [3.63, 3.8) is 0 Å². The van der Waals surface area contributed by atoms with Gasteiger partial charge in [0, 0.05) is 23.7 Å². The molecule has 7 heteroatoms. The number of carbonyl (C=O) groups is 1. The van der Waals surface area contributed by atoms with Crippen LogP contribution >= 0.6 is 0 Å². The Bertz CT molecular complexity index is 697. The molecule has 1 atom stereocenters. The molecule has 1 aliphatic carbocycles. The van der Waals surface area contributed by atoms with E-state index < -0.39 is 10.9 Å². The molecule has 0 aromatic carbocycles. The average Bonchev–Trinajstić information content (AvgIpc) is 2.42. The number of nitrogens with zero attached hydrogens (tertiary/aromatic N) is 3. The molecule has 1 saturated heterocycles. The zero-order valence-corrected chi connectivity index (χ0v) is 14.5. The van der Waals surface area contributed by atoms with Crippen LogP contribution in [0, 0.1) is 28.4 Å². The van der Waals surface area contributed by atoms with Gasteiger partial charge in [-0.25, -0.2) is 9.78 Å². The Kier molecular flexibility index (Phi) is 3.97. The fraction of sp³-hybridized carbons (Fsp3) is 0.647. The van der Waals surface area contributed by atoms with Gasteiger partial charge in [0.15, 0.2) is 0 Å². The Morgan fingerprint density at radius 3 is 2.62 bits per heavy atom. The van der Waals surface area contributed by atoms with Gasteiger partial charge in [-0.15, -0.1) is 0 Å². The zero-order valence-electron chi connectivity index (χ0n) is 14.5. The Balaban J connectivity index is 2.09. The first-order valence-electron chi connectivity index (χ1n) is 8.32. The third kappa shape index (κ3) is 2.34. The van der Waals surface area contributed by atoms with Gasteiger partial charge < -0.3 is 9.64 Å². The number of hydrogen-bond donors (Lipinski definition) is 0. The van der Waals surface area contributed by atoms with Crippen LogP contribution in [0.25, 0.3) is 0 Å². The van der Waals surface area contributed by atoms with Crippen molar-refractivity contribution in [1.29, 1.82) is 0 Å². The van der Waals surface area contributed by atoms with Gasteiger partial charge in [0.25, 0.3) is 0 Å². The van der Waals surface area contributed by atoms with E-state index in [2.05, 4.69) is 18.8 Å². The van der Waals surface area contributed by atoms with Crippen molar-refractivity contribution in [2.24, 2.45) is 11.3 Å². The number of hydrogen-bond acceptors (Lipinski definition) is 6. The van der Waals surface area contributed by atoms with E-state index in [1.807, 2.05) is 4.90 Å². The quantitative estimate of drug-likeness (QED) is 0.478. The predicted molar refractivity (Wildman–Crippen MR) is 89.2 cm³/mol. The van der Waals surface area contributed by atoms with Crippen LogP contribution in [-0.4, -0.2) is 35.6 Å². The number of carbonyl (C=O) groups excluding carboxylic acids is 1. The summed E-state index contributed by atoms with van der Waals surface area (Å²) in [6.07, 6.45) is 3.54. The van der Waals surface area contributed by atoms with E-state index in [0.29, 0.717) is 17.4 Å². The van der Waals surface area contributed by atoms with Crippen LogP contribution in [0.4, 0.5) is 11.5 Å². The van der Waals surface area contributed by atoms with Crippen molar-refractivity contribution >= 4 is 17.5 Å². The minimum atomic E-state index is -0.701. The summed E-state index contributed by atoms with van der Waals surface area (Å²) >= 11 is 0. The largest absolute Gasteiger partial charge is 0.465 e. The van der Waals surface area contributed by atoms with Crippen molar-refractivity contribution in [3.05, 3.63) is 27.4 Å². The molecule has 2 aliphatic rings. The first-order chi connectivity index (χ1) is 11.3. The highest BCUT2D eigenvalue weighted by atomic mass is 16.6. The van der Waals surface area contributed by atoms with Crippen LogP contribution < -0.4 is 4.90 Å². The molecule has 0 N–H and O–H groups in total. The molecule has 0 bridgehead atoms. The number of pyridine rings is 1. The van der Waals surface area contributed by atoms with Crippen molar-refractivity contribution in [1.82, 2.24) is 4.98 Å². The Morgan fingerprint density at radius 1 is 1.50 bits per heavy atom. The second-order valence-corrected chi connectivity index (χ2v) is 7.26. The highest BCUT2D eigenvalue weighted by Crippen LogP contribution is 2.57. The topological polar surface area (TPSA) is 85.6 Å². The molecule has 3 rings (SSSR count). The number of rotatable bonds is 4. The number of aryl methyl sites for hydroxylation is 1. The van der Waals surface area contributed by atoms with E-state index in [1.165, 1.54) is 19.6 Å². The summed E-state index contributed by atoms with van der Waals surface area (Å²) in [6.45, 7) is 6.79. The molecule has 7 nitrogen and oxygen atoms in total. The number of esters is 1. The maximum atomic E-state index is 12.0. The highest BCUT2D eigenvalue weighted by Gasteiger charge is 2.58. The molecule has 1 saturated carbocycles. The van der Waals surface area contributed by atoms with Crippen LogP contribution in [0.1, 0.15) is 49.2 Å². The van der Waals surface area contributed by atoms with Crippen LogP contribution in [0.3, 0.4) is 0 Å². The lowest BCUT2D eigenvalue weighted by Crippen LogP contribution is -2.70. The van der Waals surface area contributed by atoms with Crippen LogP contribution in [0.15, 0.2) is 6.07 Å². The van der Waals surface area contributed by atoms with Gasteiger partial charge in [-0.05, 0) is 31.7 Å². The molecule has 0 amide bonds. The third-order valence-electron chi connectivity index (χ3n) is 5.39. The average molecular weight is 333 g/mol. The standard InChI is InChI=1S/C17H23N3O4/c1-10(2)14-17(6-5-7-17)9-19(14)15-13(20(22)23)12(16(21)24-4)8-11(3)18-15/h8,10,14H,5-7,9H2,1-4H3. The molecule has 1 aromatic heterocycles. The summed E-state index contributed by atoms with van der Waals surface area (Å²) in [4.78, 5) is 29.6. The first kappa shape index (κ1) is 16.7. The number of ether oxygens (including phenoxy) is 1. The van der Waals surface area contributed by atoms with Crippen LogP contribution in [0.2, 0.25) is 0 Å². The van der Waals surface area contributed by atoms with E-state index in [-0.39, 0.29) is 22.7 Å². The van der Waals surface area contributed by atoms with Crippen LogP contribution in [-0.2, 0) is 4.74 Å². The molecule has 24 heavy (non-hydrogen) atoms. The van der Waals surface area contributed by atoms with Crippen molar-refractivity contribution < 1.29 is 14.5 Å². The van der Waals surface area contributed by atoms with E-state index in [9.17, 15) is 14.9 Å². The van der Waals surface area contributed by atoms with E-state index in [1.54, 1.807) is 6.92 Å². The minimum Gasteiger partial charge on any atom is -0.465 e. The Labute approximate surface area is 141 Å². The summed E-state index contributed by atoms with van der Waals surface area (Å²) in [6, 6.07) is 1.65. The smallest absolute Gasteiger partial charge is 0.345 e. The molecule has 1 aliphatic heterocycles. The lowest BCUT2D eigenvalue weighted by molar-refractivity contribution is -0.384. The van der Waals surface area contributed by atoms with Gasteiger partial charge in [-0.3, -0.25) is 10.1 Å². The summed E-state index contributed by atoms with van der Waals surface area (Å²) in [5.74, 6) is -0.0346. The lowest BCUT2D eigenvalue weighted by Gasteiger charge is -2.64. The molecular formula is C17H23N3O4. The minimum absolute atomic E-state index is 0.0259. The van der Waals surface area contributed by atoms with Crippen LogP contribution in [0.5, 0.6) is 0 Å². The summed E-state index contributed by atoms with van der Waals surface area (Å²) in [5.41, 5.74) is 0.571. The van der Waals surface area contributed by atoms with Crippen molar-refractivity contribution in [2.45, 2.75) is 46.1 Å². The van der Waals surface area contributed by atoms with E-state index >= 15 is 0 Å². The fourth-order valence-electron chi connectivity index (χ4n) is 4.40. The first-order valence-corrected chi connectivity index (χ1v) is 8.32. The highest BCUT2D eigenvalue weighted by molar-refractivity contribution is 5.96. The molecular weight excluding hydrogens is 310 g/mol. The molecule has 130 valence electrons. The molecule has 1 spiro atoms. The SMILES string of the molecule is COC(=O)c1cc(C)nc(N2CC3(CCC3)C2C(C)C)c1[N+](=O)[O-]. The van der Waals surface area contributed by atoms with E-state index in [0.717, 1.165) is 19.4 Å². The van der Waals surface area contributed by atoms with Gasteiger partial charge >= 0.3 is 11.7 Å². The maximum absolute atomic E-state index is 12.0.